The van der Waals surface area contributed by atoms with E-state index in [0.29, 0.717) is 11.3 Å². The first-order valence-corrected chi connectivity index (χ1v) is 10.6. The Morgan fingerprint density at radius 2 is 1.24 bits per heavy atom. The molecule has 0 amide bonds. The van der Waals surface area contributed by atoms with Gasteiger partial charge in [0.25, 0.3) is 0 Å². The summed E-state index contributed by atoms with van der Waals surface area (Å²) >= 11 is 0. The molecule has 0 spiro atoms. The Labute approximate surface area is 170 Å². The summed E-state index contributed by atoms with van der Waals surface area (Å²) in [7, 11) is -3.68. The Morgan fingerprint density at radius 1 is 0.759 bits per heavy atom. The van der Waals surface area contributed by atoms with Crippen molar-refractivity contribution in [3.8, 4) is 11.5 Å². The molecule has 5 nitrogen and oxygen atoms in total. The van der Waals surface area contributed by atoms with Crippen molar-refractivity contribution in [2.75, 3.05) is 0 Å². The van der Waals surface area contributed by atoms with Crippen LogP contribution in [0.15, 0.2) is 82.6 Å². The molecule has 150 valence electrons. The zero-order valence-corrected chi connectivity index (χ0v) is 17.3. The van der Waals surface area contributed by atoms with Gasteiger partial charge in [-0.1, -0.05) is 17.7 Å². The van der Waals surface area contributed by atoms with E-state index in [1.165, 1.54) is 36.4 Å². The smallest absolute Gasteiger partial charge is 0.343 e. The molecule has 0 N–H and O–H groups in total. The second-order valence-corrected chi connectivity index (χ2v) is 8.82. The number of ether oxygens (including phenoxy) is 2. The number of carbonyl (C=O) groups is 1. The Hall–Kier alpha value is -3.12. The number of benzene rings is 3. The van der Waals surface area contributed by atoms with E-state index in [4.69, 9.17) is 9.47 Å². The summed E-state index contributed by atoms with van der Waals surface area (Å²) in [6.07, 6.45) is 0.00706. The van der Waals surface area contributed by atoms with Gasteiger partial charge in [-0.25, -0.2) is 13.2 Å². The number of hydrogen-bond acceptors (Lipinski definition) is 5. The van der Waals surface area contributed by atoms with Crippen molar-refractivity contribution >= 4 is 15.8 Å². The summed E-state index contributed by atoms with van der Waals surface area (Å²) in [5, 5.41) is 0. The lowest BCUT2D eigenvalue weighted by molar-refractivity contribution is 0.0734. The average Bonchev–Trinajstić information content (AvgIpc) is 2.69. The van der Waals surface area contributed by atoms with E-state index in [9.17, 15) is 13.2 Å². The van der Waals surface area contributed by atoms with Crippen molar-refractivity contribution in [2.24, 2.45) is 0 Å². The molecule has 29 heavy (non-hydrogen) atoms. The van der Waals surface area contributed by atoms with Crippen LogP contribution in [0.25, 0.3) is 0 Å². The normalized spacial score (nSPS) is 11.3. The van der Waals surface area contributed by atoms with Crippen LogP contribution in [0.2, 0.25) is 0 Å². The van der Waals surface area contributed by atoms with Crippen LogP contribution in [-0.2, 0) is 9.84 Å². The molecule has 0 aromatic heterocycles. The fourth-order valence-electron chi connectivity index (χ4n) is 2.65. The summed E-state index contributed by atoms with van der Waals surface area (Å²) in [5.74, 6) is 0.383. The minimum Gasteiger partial charge on any atom is -0.491 e. The van der Waals surface area contributed by atoms with E-state index in [1.54, 1.807) is 24.3 Å². The lowest BCUT2D eigenvalue weighted by Crippen LogP contribution is -2.09. The molecule has 3 rings (SSSR count). The highest BCUT2D eigenvalue weighted by Crippen LogP contribution is 2.25. The van der Waals surface area contributed by atoms with Crippen LogP contribution in [0.4, 0.5) is 0 Å². The third-order valence-electron chi connectivity index (χ3n) is 4.14. The molecule has 0 radical (unpaired) electrons. The van der Waals surface area contributed by atoms with E-state index in [0.717, 1.165) is 5.56 Å². The van der Waals surface area contributed by atoms with Crippen LogP contribution in [0.5, 0.6) is 11.5 Å². The Balaban J connectivity index is 1.74. The standard InChI is InChI=1S/C23H22O5S/c1-16(2)27-19-8-12-21(13-9-19)29(25,26)22-14-10-20(11-15-22)28-23(24)18-6-4-17(3)5-7-18/h4-16H,1-3H3. The van der Waals surface area contributed by atoms with E-state index >= 15 is 0 Å². The third kappa shape index (κ3) is 5.03. The van der Waals surface area contributed by atoms with Crippen molar-refractivity contribution in [3.05, 3.63) is 83.9 Å². The second-order valence-electron chi connectivity index (χ2n) is 6.87. The molecule has 0 atom stereocenters. The first-order chi connectivity index (χ1) is 13.8. The van der Waals surface area contributed by atoms with Crippen LogP contribution in [0.1, 0.15) is 29.8 Å². The maximum atomic E-state index is 12.8. The van der Waals surface area contributed by atoms with Gasteiger partial charge in [0.15, 0.2) is 0 Å². The average molecular weight is 410 g/mol. The topological polar surface area (TPSA) is 69.7 Å². The summed E-state index contributed by atoms with van der Waals surface area (Å²) in [4.78, 5) is 12.5. The van der Waals surface area contributed by atoms with Crippen molar-refractivity contribution in [2.45, 2.75) is 36.7 Å². The second kappa shape index (κ2) is 8.49. The highest BCUT2D eigenvalue weighted by Gasteiger charge is 2.18. The molecular formula is C23H22O5S. The molecule has 0 aliphatic heterocycles. The number of carbonyl (C=O) groups excluding carboxylic acids is 1. The van der Waals surface area contributed by atoms with Crippen LogP contribution >= 0.6 is 0 Å². The van der Waals surface area contributed by atoms with Crippen molar-refractivity contribution in [1.82, 2.24) is 0 Å². The van der Waals surface area contributed by atoms with Gasteiger partial charge in [-0.15, -0.1) is 0 Å². The van der Waals surface area contributed by atoms with Crippen LogP contribution in [-0.4, -0.2) is 20.5 Å². The van der Waals surface area contributed by atoms with Crippen molar-refractivity contribution in [1.29, 1.82) is 0 Å². The number of sulfone groups is 1. The lowest BCUT2D eigenvalue weighted by Gasteiger charge is -2.11. The number of hydrogen-bond donors (Lipinski definition) is 0. The van der Waals surface area contributed by atoms with Crippen LogP contribution < -0.4 is 9.47 Å². The van der Waals surface area contributed by atoms with Crippen LogP contribution in [0, 0.1) is 6.92 Å². The summed E-state index contributed by atoms with van der Waals surface area (Å²) in [5.41, 5.74) is 1.47. The predicted molar refractivity (Wildman–Crippen MR) is 110 cm³/mol. The first kappa shape index (κ1) is 20.6. The summed E-state index contributed by atoms with van der Waals surface area (Å²) in [6.45, 7) is 5.73. The molecule has 6 heteroatoms. The molecular weight excluding hydrogens is 388 g/mol. The molecule has 0 saturated heterocycles. The molecule has 3 aromatic rings. The van der Waals surface area contributed by atoms with E-state index in [-0.39, 0.29) is 21.6 Å². The van der Waals surface area contributed by atoms with Gasteiger partial charge in [-0.3, -0.25) is 0 Å². The molecule has 0 aliphatic carbocycles. The monoisotopic (exact) mass is 410 g/mol. The number of esters is 1. The lowest BCUT2D eigenvalue weighted by atomic mass is 10.1. The van der Waals surface area contributed by atoms with Gasteiger partial charge < -0.3 is 9.47 Å². The van der Waals surface area contributed by atoms with Gasteiger partial charge >= 0.3 is 5.97 Å². The van der Waals surface area contributed by atoms with Gasteiger partial charge in [0.2, 0.25) is 9.84 Å². The molecule has 0 unspecified atom stereocenters. The summed E-state index contributed by atoms with van der Waals surface area (Å²) < 4.78 is 36.5. The Kier molecular flexibility index (Phi) is 6.03. The van der Waals surface area contributed by atoms with Crippen molar-refractivity contribution < 1.29 is 22.7 Å². The van der Waals surface area contributed by atoms with Gasteiger partial charge in [-0.2, -0.15) is 0 Å². The number of aryl methyl sites for hydroxylation is 1. The number of rotatable bonds is 6. The van der Waals surface area contributed by atoms with Gasteiger partial charge in [0.05, 0.1) is 21.5 Å². The fraction of sp³-hybridized carbons (Fsp3) is 0.174. The first-order valence-electron chi connectivity index (χ1n) is 9.16. The molecule has 0 saturated carbocycles. The van der Waals surface area contributed by atoms with E-state index < -0.39 is 15.8 Å². The van der Waals surface area contributed by atoms with E-state index in [2.05, 4.69) is 0 Å². The zero-order chi connectivity index (χ0) is 21.0. The highest BCUT2D eigenvalue weighted by atomic mass is 32.2. The van der Waals surface area contributed by atoms with Crippen molar-refractivity contribution in [3.63, 3.8) is 0 Å². The maximum absolute atomic E-state index is 12.8. The molecule has 0 fully saturated rings. The molecule has 0 bridgehead atoms. The quantitative estimate of drug-likeness (QED) is 0.430. The maximum Gasteiger partial charge on any atom is 0.343 e. The minimum atomic E-state index is -3.68. The SMILES string of the molecule is Cc1ccc(C(=O)Oc2ccc(S(=O)(=O)c3ccc(OC(C)C)cc3)cc2)cc1. The molecule has 0 aliphatic rings. The Morgan fingerprint density at radius 3 is 1.72 bits per heavy atom. The Bertz CT molecular complexity index is 1080. The summed E-state index contributed by atoms with van der Waals surface area (Å²) in [6, 6.07) is 19.1. The van der Waals surface area contributed by atoms with Crippen LogP contribution in [0.3, 0.4) is 0 Å². The third-order valence-corrected chi connectivity index (χ3v) is 5.92. The van der Waals surface area contributed by atoms with Gasteiger partial charge in [0, 0.05) is 0 Å². The minimum absolute atomic E-state index is 0.00706. The van der Waals surface area contributed by atoms with Gasteiger partial charge in [-0.05, 0) is 81.4 Å². The largest absolute Gasteiger partial charge is 0.491 e. The fourth-order valence-corrected chi connectivity index (χ4v) is 3.91. The predicted octanol–water partition coefficient (Wildman–Crippen LogP) is 4.83. The van der Waals surface area contributed by atoms with E-state index in [1.807, 2.05) is 32.9 Å². The zero-order valence-electron chi connectivity index (χ0n) is 16.5. The molecule has 3 aromatic carbocycles. The van der Waals surface area contributed by atoms with Gasteiger partial charge in [0.1, 0.15) is 11.5 Å². The highest BCUT2D eigenvalue weighted by molar-refractivity contribution is 7.91. The molecule has 0 heterocycles.